The highest BCUT2D eigenvalue weighted by atomic mass is 32.2. The van der Waals surface area contributed by atoms with Crippen molar-refractivity contribution in [1.82, 2.24) is 4.90 Å². The molecule has 17 heavy (non-hydrogen) atoms. The lowest BCUT2D eigenvalue weighted by molar-refractivity contribution is 0.0772. The molecule has 1 fully saturated rings. The molecule has 0 saturated carbocycles. The van der Waals surface area contributed by atoms with E-state index in [2.05, 4.69) is 0 Å². The van der Waals surface area contributed by atoms with E-state index < -0.39 is 0 Å². The summed E-state index contributed by atoms with van der Waals surface area (Å²) in [5.41, 5.74) is 7.02. The Labute approximate surface area is 110 Å². The molecule has 1 aliphatic rings. The maximum absolute atomic E-state index is 12.1. The quantitative estimate of drug-likeness (QED) is 0.824. The number of carbonyl (C=O) groups excluding carboxylic acids is 1. The molecule has 2 N–H and O–H groups in total. The van der Waals surface area contributed by atoms with Crippen molar-refractivity contribution < 1.29 is 4.79 Å². The van der Waals surface area contributed by atoms with Crippen molar-refractivity contribution >= 4 is 34.9 Å². The van der Waals surface area contributed by atoms with Gasteiger partial charge in [-0.05, 0) is 12.1 Å². The maximum Gasteiger partial charge on any atom is 0.253 e. The fourth-order valence-corrected chi connectivity index (χ4v) is 2.77. The lowest BCUT2D eigenvalue weighted by atomic mass is 10.1. The van der Waals surface area contributed by atoms with Crippen molar-refractivity contribution in [1.29, 1.82) is 0 Å². The summed E-state index contributed by atoms with van der Waals surface area (Å²) in [5.74, 6) is 2.15. The van der Waals surface area contributed by atoms with E-state index >= 15 is 0 Å². The van der Waals surface area contributed by atoms with E-state index in [9.17, 15) is 4.79 Å². The molecule has 90 valence electrons. The number of rotatable bonds is 2. The number of benzene rings is 1. The molecular weight excluding hydrogens is 252 g/mol. The van der Waals surface area contributed by atoms with Gasteiger partial charge in [-0.15, -0.1) is 0 Å². The molecule has 5 heteroatoms. The van der Waals surface area contributed by atoms with Crippen molar-refractivity contribution in [3.63, 3.8) is 0 Å². The first kappa shape index (κ1) is 12.4. The predicted molar refractivity (Wildman–Crippen MR) is 75.6 cm³/mol. The Hall–Kier alpha value is -1.07. The molecule has 2 rings (SSSR count). The molecule has 1 aromatic rings. The SMILES string of the molecule is NC(=S)c1ccc(C(=O)N2CCSCC2)cc1. The Balaban J connectivity index is 2.10. The summed E-state index contributed by atoms with van der Waals surface area (Å²) in [5, 5.41) is 0. The van der Waals surface area contributed by atoms with Crippen LogP contribution < -0.4 is 5.73 Å². The van der Waals surface area contributed by atoms with Gasteiger partial charge in [-0.3, -0.25) is 4.79 Å². The Kier molecular flexibility index (Phi) is 4.02. The smallest absolute Gasteiger partial charge is 0.253 e. The minimum atomic E-state index is 0.0970. The monoisotopic (exact) mass is 266 g/mol. The van der Waals surface area contributed by atoms with E-state index in [0.29, 0.717) is 10.6 Å². The second-order valence-electron chi connectivity index (χ2n) is 3.85. The van der Waals surface area contributed by atoms with Gasteiger partial charge < -0.3 is 10.6 Å². The molecule has 0 aromatic heterocycles. The Morgan fingerprint density at radius 2 is 1.71 bits per heavy atom. The van der Waals surface area contributed by atoms with Gasteiger partial charge in [0.15, 0.2) is 0 Å². The summed E-state index contributed by atoms with van der Waals surface area (Å²) in [6.45, 7) is 1.67. The standard InChI is InChI=1S/C12H14N2OS2/c13-11(16)9-1-3-10(4-2-9)12(15)14-5-7-17-8-6-14/h1-4H,5-8H2,(H2,13,16). The Morgan fingerprint density at radius 3 is 2.24 bits per heavy atom. The van der Waals surface area contributed by atoms with Gasteiger partial charge in [0.2, 0.25) is 0 Å². The number of amides is 1. The van der Waals surface area contributed by atoms with E-state index in [1.165, 1.54) is 0 Å². The fourth-order valence-electron chi connectivity index (χ4n) is 1.73. The highest BCUT2D eigenvalue weighted by molar-refractivity contribution is 7.99. The highest BCUT2D eigenvalue weighted by Gasteiger charge is 2.18. The van der Waals surface area contributed by atoms with Crippen LogP contribution in [0.15, 0.2) is 24.3 Å². The topological polar surface area (TPSA) is 46.3 Å². The van der Waals surface area contributed by atoms with Gasteiger partial charge >= 0.3 is 0 Å². The van der Waals surface area contributed by atoms with Crippen LogP contribution in [-0.4, -0.2) is 40.4 Å². The summed E-state index contributed by atoms with van der Waals surface area (Å²) < 4.78 is 0. The van der Waals surface area contributed by atoms with Crippen LogP contribution in [0.25, 0.3) is 0 Å². The molecule has 0 unspecified atom stereocenters. The first-order valence-electron chi connectivity index (χ1n) is 5.45. The van der Waals surface area contributed by atoms with Gasteiger partial charge in [-0.25, -0.2) is 0 Å². The van der Waals surface area contributed by atoms with Crippen LogP contribution >= 0.6 is 24.0 Å². The molecule has 0 aliphatic carbocycles. The van der Waals surface area contributed by atoms with Crippen molar-refractivity contribution in [3.05, 3.63) is 35.4 Å². The zero-order valence-corrected chi connectivity index (χ0v) is 11.0. The van der Waals surface area contributed by atoms with Crippen molar-refractivity contribution in [2.75, 3.05) is 24.6 Å². The Bertz CT molecular complexity index is 425. The number of nitrogens with two attached hydrogens (primary N) is 1. The van der Waals surface area contributed by atoms with Crippen molar-refractivity contribution in [3.8, 4) is 0 Å². The average Bonchev–Trinajstić information content (AvgIpc) is 2.39. The molecule has 1 heterocycles. The van der Waals surface area contributed by atoms with Crippen LogP contribution in [0, 0.1) is 0 Å². The first-order valence-corrected chi connectivity index (χ1v) is 7.01. The van der Waals surface area contributed by atoms with Crippen LogP contribution in [-0.2, 0) is 0 Å². The third-order valence-electron chi connectivity index (χ3n) is 2.71. The van der Waals surface area contributed by atoms with Crippen LogP contribution in [0.2, 0.25) is 0 Å². The summed E-state index contributed by atoms with van der Waals surface area (Å²) in [6, 6.07) is 7.18. The molecule has 0 atom stereocenters. The minimum Gasteiger partial charge on any atom is -0.389 e. The number of thioether (sulfide) groups is 1. The van der Waals surface area contributed by atoms with Gasteiger partial charge in [0.25, 0.3) is 5.91 Å². The summed E-state index contributed by atoms with van der Waals surface area (Å²) in [6.07, 6.45) is 0. The molecule has 1 aromatic carbocycles. The molecule has 0 radical (unpaired) electrons. The molecule has 1 aliphatic heterocycles. The lowest BCUT2D eigenvalue weighted by Crippen LogP contribution is -2.37. The van der Waals surface area contributed by atoms with Crippen LogP contribution in [0.3, 0.4) is 0 Å². The van der Waals surface area contributed by atoms with Crippen molar-refractivity contribution in [2.24, 2.45) is 5.73 Å². The third kappa shape index (κ3) is 2.98. The lowest BCUT2D eigenvalue weighted by Gasteiger charge is -2.26. The number of hydrogen-bond acceptors (Lipinski definition) is 3. The molecule has 1 saturated heterocycles. The van der Waals surface area contributed by atoms with Crippen LogP contribution in [0.1, 0.15) is 15.9 Å². The average molecular weight is 266 g/mol. The van der Waals surface area contributed by atoms with E-state index in [4.69, 9.17) is 18.0 Å². The molecule has 0 bridgehead atoms. The van der Waals surface area contributed by atoms with Gasteiger partial charge in [0.05, 0.1) is 0 Å². The highest BCUT2D eigenvalue weighted by Crippen LogP contribution is 2.13. The summed E-state index contributed by atoms with van der Waals surface area (Å²) >= 11 is 6.77. The zero-order valence-electron chi connectivity index (χ0n) is 9.39. The molecule has 3 nitrogen and oxygen atoms in total. The zero-order chi connectivity index (χ0) is 12.3. The van der Waals surface area contributed by atoms with E-state index in [1.807, 2.05) is 16.7 Å². The largest absolute Gasteiger partial charge is 0.389 e. The number of hydrogen-bond donors (Lipinski definition) is 1. The van der Waals surface area contributed by atoms with Gasteiger partial charge in [0, 0.05) is 35.7 Å². The van der Waals surface area contributed by atoms with Crippen LogP contribution in [0.5, 0.6) is 0 Å². The molecule has 1 amide bonds. The predicted octanol–water partition coefficient (Wildman–Crippen LogP) is 1.51. The number of nitrogens with zero attached hydrogens (tertiary/aromatic N) is 1. The second-order valence-corrected chi connectivity index (χ2v) is 5.51. The maximum atomic E-state index is 12.1. The third-order valence-corrected chi connectivity index (χ3v) is 3.89. The second kappa shape index (κ2) is 5.51. The number of thiocarbonyl (C=S) groups is 1. The van der Waals surface area contributed by atoms with Crippen LogP contribution in [0.4, 0.5) is 0 Å². The normalized spacial score (nSPS) is 15.6. The van der Waals surface area contributed by atoms with E-state index in [-0.39, 0.29) is 5.91 Å². The Morgan fingerprint density at radius 1 is 1.18 bits per heavy atom. The van der Waals surface area contributed by atoms with Gasteiger partial charge in [-0.1, -0.05) is 24.4 Å². The van der Waals surface area contributed by atoms with Crippen molar-refractivity contribution in [2.45, 2.75) is 0 Å². The summed E-state index contributed by atoms with van der Waals surface area (Å²) in [7, 11) is 0. The molecular formula is C12H14N2OS2. The summed E-state index contributed by atoms with van der Waals surface area (Å²) in [4.78, 5) is 14.4. The van der Waals surface area contributed by atoms with E-state index in [0.717, 1.165) is 30.2 Å². The molecule has 0 spiro atoms. The number of carbonyl (C=O) groups is 1. The van der Waals surface area contributed by atoms with E-state index in [1.54, 1.807) is 24.3 Å². The minimum absolute atomic E-state index is 0.0970. The first-order chi connectivity index (χ1) is 8.18. The fraction of sp³-hybridized carbons (Fsp3) is 0.333. The van der Waals surface area contributed by atoms with Gasteiger partial charge in [0.1, 0.15) is 4.99 Å². The van der Waals surface area contributed by atoms with Gasteiger partial charge in [-0.2, -0.15) is 11.8 Å².